The predicted molar refractivity (Wildman–Crippen MR) is 121 cm³/mol. The summed E-state index contributed by atoms with van der Waals surface area (Å²) < 4.78 is 0. The van der Waals surface area contributed by atoms with Gasteiger partial charge in [0.1, 0.15) is 0 Å². The minimum absolute atomic E-state index is 0.254. The number of imide groups is 1. The first-order valence-electron chi connectivity index (χ1n) is 11.0. The molecule has 168 valence electrons. The zero-order valence-electron chi connectivity index (χ0n) is 18.4. The molecule has 1 aromatic rings. The van der Waals surface area contributed by atoms with E-state index in [0.29, 0.717) is 5.92 Å². The first-order chi connectivity index (χ1) is 14.8. The van der Waals surface area contributed by atoms with E-state index < -0.39 is 12.2 Å². The Morgan fingerprint density at radius 2 is 1.94 bits per heavy atom. The van der Waals surface area contributed by atoms with Gasteiger partial charge in [0.15, 0.2) is 18.2 Å². The number of likely N-dealkylation sites (N-methyl/N-ethyl adjacent to an activating group) is 1. The highest BCUT2D eigenvalue weighted by atomic mass is 35.5. The maximum absolute atomic E-state index is 12.7. The molecule has 2 fully saturated rings. The zero-order valence-corrected chi connectivity index (χ0v) is 19.2. The predicted octanol–water partition coefficient (Wildman–Crippen LogP) is 2.05. The number of guanidine groups is 1. The van der Waals surface area contributed by atoms with Crippen LogP contribution in [0.1, 0.15) is 25.8 Å². The Labute approximate surface area is 188 Å². The highest BCUT2D eigenvalue weighted by Gasteiger charge is 2.49. The van der Waals surface area contributed by atoms with Crippen LogP contribution in [0.2, 0.25) is 5.02 Å². The van der Waals surface area contributed by atoms with Crippen LogP contribution in [0.25, 0.3) is 0 Å². The Morgan fingerprint density at radius 3 is 2.61 bits per heavy atom. The molecule has 2 saturated heterocycles. The van der Waals surface area contributed by atoms with Gasteiger partial charge in [0, 0.05) is 51.3 Å². The van der Waals surface area contributed by atoms with Crippen molar-refractivity contribution in [3.63, 3.8) is 0 Å². The molecule has 8 nitrogen and oxygen atoms in total. The normalized spacial score (nSPS) is 24.5. The van der Waals surface area contributed by atoms with Crippen molar-refractivity contribution in [2.24, 2.45) is 10.9 Å². The Balaban J connectivity index is 1.46. The minimum Gasteiger partial charge on any atom is -0.340 e. The number of urea groups is 1. The SMILES string of the molecule is CC(C)CCN1C(N2CCN(Cc3cccc(Cl)c3)CC2)=NC2C1C(=O)NC(=O)N2C. The van der Waals surface area contributed by atoms with E-state index >= 15 is 0 Å². The summed E-state index contributed by atoms with van der Waals surface area (Å²) in [6.07, 6.45) is 0.495. The van der Waals surface area contributed by atoms with Crippen molar-refractivity contribution in [1.29, 1.82) is 0 Å². The lowest BCUT2D eigenvalue weighted by Crippen LogP contribution is -2.64. The second-order valence-electron chi connectivity index (χ2n) is 8.96. The summed E-state index contributed by atoms with van der Waals surface area (Å²) in [5.74, 6) is 1.10. The fraction of sp³-hybridized carbons (Fsp3) is 0.591. The van der Waals surface area contributed by atoms with Crippen LogP contribution < -0.4 is 5.32 Å². The first-order valence-corrected chi connectivity index (χ1v) is 11.3. The third kappa shape index (κ3) is 4.65. The number of halogens is 1. The van der Waals surface area contributed by atoms with Crippen LogP contribution in [0.15, 0.2) is 29.3 Å². The standard InChI is InChI=1S/C22H31ClN6O2/c1-15(2)7-8-29-18-19(26(3)22(31)25-20(18)30)24-21(29)28-11-9-27(10-12-28)14-16-5-4-6-17(23)13-16/h4-6,13,15,18-19H,7-12,14H2,1-3H3,(H,25,30,31). The Kier molecular flexibility index (Phi) is 6.39. The summed E-state index contributed by atoms with van der Waals surface area (Å²) in [6, 6.07) is 7.15. The average molecular weight is 447 g/mol. The van der Waals surface area contributed by atoms with Crippen LogP contribution in [-0.2, 0) is 11.3 Å². The van der Waals surface area contributed by atoms with Gasteiger partial charge in [-0.3, -0.25) is 15.0 Å². The molecule has 0 radical (unpaired) electrons. The van der Waals surface area contributed by atoms with Crippen LogP contribution in [0, 0.1) is 5.92 Å². The highest BCUT2D eigenvalue weighted by molar-refractivity contribution is 6.30. The second kappa shape index (κ2) is 9.04. The van der Waals surface area contributed by atoms with Crippen LogP contribution in [0.4, 0.5) is 4.79 Å². The van der Waals surface area contributed by atoms with Gasteiger partial charge in [0.05, 0.1) is 0 Å². The van der Waals surface area contributed by atoms with Gasteiger partial charge in [-0.25, -0.2) is 9.79 Å². The van der Waals surface area contributed by atoms with E-state index in [1.807, 2.05) is 18.2 Å². The van der Waals surface area contributed by atoms with Crippen molar-refractivity contribution in [3.8, 4) is 0 Å². The van der Waals surface area contributed by atoms with Crippen LogP contribution in [-0.4, -0.2) is 89.5 Å². The van der Waals surface area contributed by atoms with Gasteiger partial charge in [-0.05, 0) is 30.0 Å². The van der Waals surface area contributed by atoms with Crippen molar-refractivity contribution in [2.45, 2.75) is 39.0 Å². The van der Waals surface area contributed by atoms with Gasteiger partial charge in [0.2, 0.25) is 0 Å². The number of rotatable bonds is 5. The van der Waals surface area contributed by atoms with Crippen LogP contribution in [0.3, 0.4) is 0 Å². The highest BCUT2D eigenvalue weighted by Crippen LogP contribution is 2.27. The number of amides is 3. The van der Waals surface area contributed by atoms with E-state index in [4.69, 9.17) is 16.6 Å². The topological polar surface area (TPSA) is 71.5 Å². The van der Waals surface area contributed by atoms with Gasteiger partial charge >= 0.3 is 6.03 Å². The van der Waals surface area contributed by atoms with E-state index in [-0.39, 0.29) is 11.9 Å². The number of nitrogens with one attached hydrogen (secondary N) is 1. The Morgan fingerprint density at radius 1 is 1.19 bits per heavy atom. The number of fused-ring (bicyclic) bond motifs is 1. The number of piperazine rings is 1. The molecule has 2 unspecified atom stereocenters. The Hall–Kier alpha value is -2.32. The summed E-state index contributed by atoms with van der Waals surface area (Å²) in [5, 5.41) is 3.24. The molecule has 0 bridgehead atoms. The number of carbonyl (C=O) groups excluding carboxylic acids is 2. The lowest BCUT2D eigenvalue weighted by Gasteiger charge is -2.40. The van der Waals surface area contributed by atoms with Gasteiger partial charge < -0.3 is 14.7 Å². The van der Waals surface area contributed by atoms with Gasteiger partial charge in [0.25, 0.3) is 5.91 Å². The summed E-state index contributed by atoms with van der Waals surface area (Å²) in [7, 11) is 1.70. The molecule has 9 heteroatoms. The molecule has 3 aliphatic heterocycles. The molecule has 0 aliphatic carbocycles. The molecule has 3 aliphatic rings. The van der Waals surface area contributed by atoms with E-state index in [1.165, 1.54) is 10.5 Å². The fourth-order valence-corrected chi connectivity index (χ4v) is 4.62. The van der Waals surface area contributed by atoms with Crippen molar-refractivity contribution in [1.82, 2.24) is 24.9 Å². The molecule has 4 rings (SSSR count). The van der Waals surface area contributed by atoms with E-state index in [9.17, 15) is 9.59 Å². The number of benzene rings is 1. The smallest absolute Gasteiger partial charge is 0.325 e. The largest absolute Gasteiger partial charge is 0.340 e. The van der Waals surface area contributed by atoms with E-state index in [2.05, 4.69) is 39.9 Å². The number of hydrogen-bond acceptors (Lipinski definition) is 6. The lowest BCUT2D eigenvalue weighted by molar-refractivity contribution is -0.127. The van der Waals surface area contributed by atoms with Gasteiger partial charge in [-0.15, -0.1) is 0 Å². The van der Waals surface area contributed by atoms with Crippen molar-refractivity contribution >= 4 is 29.5 Å². The fourth-order valence-electron chi connectivity index (χ4n) is 4.41. The summed E-state index contributed by atoms with van der Waals surface area (Å²) in [5.41, 5.74) is 1.21. The number of hydrogen-bond donors (Lipinski definition) is 1. The minimum atomic E-state index is -0.465. The van der Waals surface area contributed by atoms with Crippen LogP contribution >= 0.6 is 11.6 Å². The zero-order chi connectivity index (χ0) is 22.1. The van der Waals surface area contributed by atoms with Crippen molar-refractivity contribution in [2.75, 3.05) is 39.8 Å². The third-order valence-corrected chi connectivity index (χ3v) is 6.47. The molecule has 3 amide bonds. The van der Waals surface area contributed by atoms with Gasteiger partial charge in [-0.1, -0.05) is 37.6 Å². The van der Waals surface area contributed by atoms with Crippen molar-refractivity contribution < 1.29 is 9.59 Å². The number of nitrogens with zero attached hydrogens (tertiary/aromatic N) is 5. The maximum atomic E-state index is 12.7. The molecular formula is C22H31ClN6O2. The molecule has 31 heavy (non-hydrogen) atoms. The molecule has 0 spiro atoms. The molecule has 0 aromatic heterocycles. The van der Waals surface area contributed by atoms with E-state index in [0.717, 1.165) is 56.7 Å². The lowest BCUT2D eigenvalue weighted by atomic mass is 10.1. The molecule has 1 N–H and O–H groups in total. The molecule has 1 aromatic carbocycles. The molecule has 3 heterocycles. The quantitative estimate of drug-likeness (QED) is 0.749. The van der Waals surface area contributed by atoms with Crippen molar-refractivity contribution in [3.05, 3.63) is 34.9 Å². The third-order valence-electron chi connectivity index (χ3n) is 6.24. The Bertz CT molecular complexity index is 867. The maximum Gasteiger partial charge on any atom is 0.325 e. The average Bonchev–Trinajstić information content (AvgIpc) is 3.11. The second-order valence-corrected chi connectivity index (χ2v) is 9.40. The molecule has 0 saturated carbocycles. The summed E-state index contributed by atoms with van der Waals surface area (Å²) in [4.78, 5) is 38.0. The number of aliphatic imine (C=N–C) groups is 1. The summed E-state index contributed by atoms with van der Waals surface area (Å²) >= 11 is 6.12. The molecule has 2 atom stereocenters. The molecular weight excluding hydrogens is 416 g/mol. The first kappa shape index (κ1) is 21.9. The number of carbonyl (C=O) groups is 2. The summed E-state index contributed by atoms with van der Waals surface area (Å²) in [6.45, 7) is 9.43. The van der Waals surface area contributed by atoms with Gasteiger partial charge in [-0.2, -0.15) is 0 Å². The van der Waals surface area contributed by atoms with Crippen LogP contribution in [0.5, 0.6) is 0 Å². The van der Waals surface area contributed by atoms with E-state index in [1.54, 1.807) is 7.05 Å². The monoisotopic (exact) mass is 446 g/mol.